The number of carboxylic acids is 1. The monoisotopic (exact) mass is 213 g/mol. The Labute approximate surface area is 90.2 Å². The molecule has 2 saturated heterocycles. The highest BCUT2D eigenvalue weighted by Crippen LogP contribution is 2.31. The molecule has 15 heavy (non-hydrogen) atoms. The Bertz CT molecular complexity index is 228. The van der Waals surface area contributed by atoms with E-state index in [0.29, 0.717) is 19.6 Å². The molecule has 0 radical (unpaired) electrons. The van der Waals surface area contributed by atoms with Gasteiger partial charge in [0.2, 0.25) is 0 Å². The first kappa shape index (κ1) is 10.9. The number of ether oxygens (including phenoxy) is 1. The van der Waals surface area contributed by atoms with Crippen molar-refractivity contribution in [3.63, 3.8) is 0 Å². The molecule has 4 heteroatoms. The quantitative estimate of drug-likeness (QED) is 0.746. The van der Waals surface area contributed by atoms with Gasteiger partial charge < -0.3 is 9.84 Å². The molecule has 0 bridgehead atoms. The van der Waals surface area contributed by atoms with Crippen molar-refractivity contribution in [1.82, 2.24) is 4.90 Å². The van der Waals surface area contributed by atoms with E-state index in [1.807, 2.05) is 0 Å². The van der Waals surface area contributed by atoms with E-state index in [9.17, 15) is 9.90 Å². The minimum Gasteiger partial charge on any atom is -0.480 e. The molecule has 1 unspecified atom stereocenters. The second-order valence-corrected chi connectivity index (χ2v) is 4.50. The summed E-state index contributed by atoms with van der Waals surface area (Å²) < 4.78 is 5.37. The summed E-state index contributed by atoms with van der Waals surface area (Å²) in [4.78, 5) is 13.7. The van der Waals surface area contributed by atoms with Crippen molar-refractivity contribution >= 4 is 5.97 Å². The first-order chi connectivity index (χ1) is 7.26. The van der Waals surface area contributed by atoms with Gasteiger partial charge in [-0.15, -0.1) is 0 Å². The van der Waals surface area contributed by atoms with E-state index in [-0.39, 0.29) is 0 Å². The molecule has 86 valence electrons. The van der Waals surface area contributed by atoms with Gasteiger partial charge in [0, 0.05) is 13.2 Å². The smallest absolute Gasteiger partial charge is 0.324 e. The molecule has 0 amide bonds. The summed E-state index contributed by atoms with van der Waals surface area (Å²) >= 11 is 0. The summed E-state index contributed by atoms with van der Waals surface area (Å²) in [6.07, 6.45) is 4.51. The Hall–Kier alpha value is -0.610. The van der Waals surface area contributed by atoms with Crippen molar-refractivity contribution in [2.75, 3.05) is 26.3 Å². The van der Waals surface area contributed by atoms with E-state index >= 15 is 0 Å². The van der Waals surface area contributed by atoms with Crippen LogP contribution in [-0.4, -0.2) is 47.8 Å². The Morgan fingerprint density at radius 2 is 1.87 bits per heavy atom. The molecule has 0 aliphatic carbocycles. The summed E-state index contributed by atoms with van der Waals surface area (Å²) in [6.45, 7) is 3.17. The van der Waals surface area contributed by atoms with Crippen molar-refractivity contribution < 1.29 is 14.6 Å². The van der Waals surface area contributed by atoms with Crippen LogP contribution in [0.3, 0.4) is 0 Å². The van der Waals surface area contributed by atoms with Gasteiger partial charge in [0.15, 0.2) is 0 Å². The molecular weight excluding hydrogens is 194 g/mol. The normalized spacial score (nSPS) is 33.9. The van der Waals surface area contributed by atoms with Crippen LogP contribution in [0.25, 0.3) is 0 Å². The molecule has 0 saturated carbocycles. The average Bonchev–Trinajstić information content (AvgIpc) is 2.63. The fourth-order valence-electron chi connectivity index (χ4n) is 2.75. The van der Waals surface area contributed by atoms with Crippen LogP contribution < -0.4 is 0 Å². The zero-order valence-corrected chi connectivity index (χ0v) is 9.07. The van der Waals surface area contributed by atoms with Crippen molar-refractivity contribution in [2.45, 2.75) is 37.6 Å². The third-order valence-electron chi connectivity index (χ3n) is 3.65. The molecule has 1 N–H and O–H groups in total. The van der Waals surface area contributed by atoms with Crippen LogP contribution in [0.1, 0.15) is 32.1 Å². The molecule has 2 heterocycles. The zero-order valence-electron chi connectivity index (χ0n) is 9.07. The fourth-order valence-corrected chi connectivity index (χ4v) is 2.75. The lowest BCUT2D eigenvalue weighted by Crippen LogP contribution is -2.53. The molecule has 0 aromatic heterocycles. The van der Waals surface area contributed by atoms with Crippen molar-refractivity contribution in [1.29, 1.82) is 0 Å². The largest absolute Gasteiger partial charge is 0.480 e. The maximum absolute atomic E-state index is 11.5. The Kier molecular flexibility index (Phi) is 3.26. The van der Waals surface area contributed by atoms with Gasteiger partial charge >= 0.3 is 5.97 Å². The van der Waals surface area contributed by atoms with Gasteiger partial charge in [0.05, 0.1) is 0 Å². The number of nitrogens with zero attached hydrogens (tertiary/aromatic N) is 1. The van der Waals surface area contributed by atoms with Gasteiger partial charge in [-0.05, 0) is 45.2 Å². The van der Waals surface area contributed by atoms with Crippen molar-refractivity contribution in [3.8, 4) is 0 Å². The van der Waals surface area contributed by atoms with E-state index in [2.05, 4.69) is 4.90 Å². The van der Waals surface area contributed by atoms with E-state index in [1.165, 1.54) is 0 Å². The molecule has 2 aliphatic rings. The first-order valence-corrected chi connectivity index (χ1v) is 5.82. The van der Waals surface area contributed by atoms with Crippen molar-refractivity contribution in [3.05, 3.63) is 0 Å². The first-order valence-electron chi connectivity index (χ1n) is 5.82. The lowest BCUT2D eigenvalue weighted by atomic mass is 9.89. The van der Waals surface area contributed by atoms with Gasteiger partial charge in [-0.3, -0.25) is 9.69 Å². The van der Waals surface area contributed by atoms with Gasteiger partial charge in [0.1, 0.15) is 5.54 Å². The van der Waals surface area contributed by atoms with Crippen LogP contribution in [0, 0.1) is 0 Å². The highest BCUT2D eigenvalue weighted by Gasteiger charge is 2.45. The van der Waals surface area contributed by atoms with Gasteiger partial charge in [-0.1, -0.05) is 0 Å². The molecule has 0 aromatic rings. The second kappa shape index (κ2) is 4.49. The number of carbonyl (C=O) groups is 1. The second-order valence-electron chi connectivity index (χ2n) is 4.50. The van der Waals surface area contributed by atoms with Crippen LogP contribution in [0.5, 0.6) is 0 Å². The summed E-state index contributed by atoms with van der Waals surface area (Å²) in [5.74, 6) is -0.658. The van der Waals surface area contributed by atoms with Crippen LogP contribution in [0.15, 0.2) is 0 Å². The van der Waals surface area contributed by atoms with E-state index in [4.69, 9.17) is 4.74 Å². The molecule has 0 aromatic carbocycles. The highest BCUT2D eigenvalue weighted by molar-refractivity contribution is 5.79. The van der Waals surface area contributed by atoms with E-state index < -0.39 is 11.5 Å². The lowest BCUT2D eigenvalue weighted by Gasteiger charge is -2.37. The van der Waals surface area contributed by atoms with Crippen LogP contribution >= 0.6 is 0 Å². The topological polar surface area (TPSA) is 49.8 Å². The predicted octanol–water partition coefficient (Wildman–Crippen LogP) is 1.11. The number of likely N-dealkylation sites (tertiary alicyclic amines) is 1. The zero-order chi connectivity index (χ0) is 10.7. The van der Waals surface area contributed by atoms with Crippen LogP contribution in [-0.2, 0) is 9.53 Å². The third-order valence-corrected chi connectivity index (χ3v) is 3.65. The van der Waals surface area contributed by atoms with Crippen LogP contribution in [0.4, 0.5) is 0 Å². The minimum atomic E-state index is -0.658. The third kappa shape index (κ3) is 2.01. The highest BCUT2D eigenvalue weighted by atomic mass is 16.5. The lowest BCUT2D eigenvalue weighted by molar-refractivity contribution is -0.152. The molecule has 4 nitrogen and oxygen atoms in total. The minimum absolute atomic E-state index is 0.586. The summed E-state index contributed by atoms with van der Waals surface area (Å²) in [6, 6.07) is 0. The Morgan fingerprint density at radius 1 is 1.13 bits per heavy atom. The molecule has 2 fully saturated rings. The van der Waals surface area contributed by atoms with E-state index in [1.54, 1.807) is 0 Å². The maximum Gasteiger partial charge on any atom is 0.324 e. The van der Waals surface area contributed by atoms with Crippen LogP contribution in [0.2, 0.25) is 0 Å². The standard InChI is InChI=1S/C11H19NO3/c13-10(14)11(12-6-1-2-7-12)4-3-8-15-9-5-11/h1-9H2,(H,13,14). The maximum atomic E-state index is 11.5. The fraction of sp³-hybridized carbons (Fsp3) is 0.909. The summed E-state index contributed by atoms with van der Waals surface area (Å²) in [5, 5.41) is 9.48. The number of aliphatic carboxylic acids is 1. The SMILES string of the molecule is O=C(O)C1(N2CCCC2)CCCOCC1. The molecule has 2 rings (SSSR count). The molecular formula is C11H19NO3. The van der Waals surface area contributed by atoms with Gasteiger partial charge in [-0.2, -0.15) is 0 Å². The number of rotatable bonds is 2. The molecule has 1 atom stereocenters. The predicted molar refractivity (Wildman–Crippen MR) is 55.8 cm³/mol. The molecule has 2 aliphatic heterocycles. The number of carboxylic acid groups (broad SMARTS) is 1. The van der Waals surface area contributed by atoms with Gasteiger partial charge in [-0.25, -0.2) is 0 Å². The van der Waals surface area contributed by atoms with Gasteiger partial charge in [0.25, 0.3) is 0 Å². The summed E-state index contributed by atoms with van der Waals surface area (Å²) in [7, 11) is 0. The number of hydrogen-bond acceptors (Lipinski definition) is 3. The average molecular weight is 213 g/mol. The van der Waals surface area contributed by atoms with E-state index in [0.717, 1.165) is 38.8 Å². The van der Waals surface area contributed by atoms with Crippen molar-refractivity contribution in [2.24, 2.45) is 0 Å². The Morgan fingerprint density at radius 3 is 2.53 bits per heavy atom. The molecule has 0 spiro atoms. The Balaban J connectivity index is 2.16. The number of hydrogen-bond donors (Lipinski definition) is 1. The summed E-state index contributed by atoms with van der Waals surface area (Å²) in [5.41, 5.74) is -0.632.